The van der Waals surface area contributed by atoms with Crippen molar-refractivity contribution in [3.05, 3.63) is 0 Å². The lowest BCUT2D eigenvalue weighted by Gasteiger charge is -2.25. The third-order valence-electron chi connectivity index (χ3n) is 1.97. The van der Waals surface area contributed by atoms with E-state index in [1.54, 1.807) is 0 Å². The molecule has 0 aliphatic carbocycles. The van der Waals surface area contributed by atoms with Gasteiger partial charge in [0.2, 0.25) is 0 Å². The van der Waals surface area contributed by atoms with Crippen molar-refractivity contribution in [2.24, 2.45) is 0 Å². The van der Waals surface area contributed by atoms with Gasteiger partial charge in [0.15, 0.2) is 0 Å². The molecule has 0 aromatic carbocycles. The molecule has 1 heterocycles. The highest BCUT2D eigenvalue weighted by molar-refractivity contribution is 4.69. The van der Waals surface area contributed by atoms with Gasteiger partial charge in [0.1, 0.15) is 0 Å². The molecule has 1 saturated heterocycles. The maximum atomic E-state index is 8.72. The Balaban J connectivity index is 2.13. The van der Waals surface area contributed by atoms with Gasteiger partial charge in [0.05, 0.1) is 18.8 Å². The summed E-state index contributed by atoms with van der Waals surface area (Å²) in [6.45, 7) is 4.12. The zero-order valence-corrected chi connectivity index (χ0v) is 7.05. The topological polar surface area (TPSA) is 41.5 Å². The van der Waals surface area contributed by atoms with Gasteiger partial charge in [-0.25, -0.2) is 0 Å². The van der Waals surface area contributed by atoms with Crippen molar-refractivity contribution in [1.29, 1.82) is 0 Å². The molecular weight excluding hydrogens is 142 g/mol. The number of aliphatic hydroxyl groups excluding tert-OH is 1. The van der Waals surface area contributed by atoms with Gasteiger partial charge in [-0.15, -0.1) is 0 Å². The molecule has 1 fully saturated rings. The van der Waals surface area contributed by atoms with Gasteiger partial charge in [-0.2, -0.15) is 0 Å². The highest BCUT2D eigenvalue weighted by Gasteiger charge is 2.15. The van der Waals surface area contributed by atoms with Crippen molar-refractivity contribution in [2.45, 2.75) is 32.0 Å². The van der Waals surface area contributed by atoms with Crippen LogP contribution in [-0.4, -0.2) is 37.0 Å². The average Bonchev–Trinajstić information content (AvgIpc) is 2.06. The molecule has 0 aromatic rings. The maximum absolute atomic E-state index is 8.72. The van der Waals surface area contributed by atoms with Crippen LogP contribution in [0.4, 0.5) is 0 Å². The first kappa shape index (κ1) is 8.97. The van der Waals surface area contributed by atoms with E-state index in [1.165, 1.54) is 0 Å². The van der Waals surface area contributed by atoms with Gasteiger partial charge in [0, 0.05) is 0 Å². The summed E-state index contributed by atoms with van der Waals surface area (Å²) in [6, 6.07) is 0. The maximum Gasteiger partial charge on any atom is 0.0781 e. The normalized spacial score (nSPS) is 23.5. The monoisotopic (exact) mass is 159 g/mol. The van der Waals surface area contributed by atoms with Crippen LogP contribution in [0.3, 0.4) is 0 Å². The van der Waals surface area contributed by atoms with Crippen molar-refractivity contribution in [1.82, 2.24) is 5.32 Å². The summed E-state index contributed by atoms with van der Waals surface area (Å²) < 4.78 is 5.55. The Labute approximate surface area is 67.7 Å². The number of ether oxygens (including phenoxy) is 1. The van der Waals surface area contributed by atoms with Crippen LogP contribution in [0.15, 0.2) is 0 Å². The van der Waals surface area contributed by atoms with Crippen LogP contribution < -0.4 is 5.32 Å². The first-order chi connectivity index (χ1) is 5.33. The quantitative estimate of drug-likeness (QED) is 0.615. The molecule has 3 nitrogen and oxygen atoms in total. The minimum Gasteiger partial charge on any atom is -0.394 e. The second-order valence-electron chi connectivity index (χ2n) is 3.08. The van der Waals surface area contributed by atoms with E-state index < -0.39 is 0 Å². The second kappa shape index (κ2) is 4.70. The van der Waals surface area contributed by atoms with Crippen LogP contribution in [0.25, 0.3) is 0 Å². The van der Waals surface area contributed by atoms with Crippen molar-refractivity contribution in [3.63, 3.8) is 0 Å². The molecule has 1 aliphatic heterocycles. The number of nitrogens with one attached hydrogen (secondary N) is 1. The summed E-state index contributed by atoms with van der Waals surface area (Å²) >= 11 is 0. The molecule has 0 spiro atoms. The highest BCUT2D eigenvalue weighted by atomic mass is 16.5. The largest absolute Gasteiger partial charge is 0.394 e. The molecule has 66 valence electrons. The number of piperidine rings is 1. The highest BCUT2D eigenvalue weighted by Crippen LogP contribution is 2.09. The molecule has 0 saturated carbocycles. The zero-order valence-electron chi connectivity index (χ0n) is 7.05. The van der Waals surface area contributed by atoms with Crippen molar-refractivity contribution in [2.75, 3.05) is 19.7 Å². The number of rotatable bonds is 3. The van der Waals surface area contributed by atoms with Crippen molar-refractivity contribution >= 4 is 0 Å². The van der Waals surface area contributed by atoms with E-state index in [1.807, 2.05) is 6.92 Å². The lowest BCUT2D eigenvalue weighted by molar-refractivity contribution is -0.0407. The summed E-state index contributed by atoms with van der Waals surface area (Å²) in [5.74, 6) is 0. The molecule has 3 heteroatoms. The Kier molecular flexibility index (Phi) is 3.83. The van der Waals surface area contributed by atoms with Crippen molar-refractivity contribution < 1.29 is 9.84 Å². The predicted molar refractivity (Wildman–Crippen MR) is 43.5 cm³/mol. The number of aliphatic hydroxyl groups is 1. The van der Waals surface area contributed by atoms with Crippen LogP contribution in [0.1, 0.15) is 19.8 Å². The van der Waals surface area contributed by atoms with E-state index in [9.17, 15) is 0 Å². The summed E-state index contributed by atoms with van der Waals surface area (Å²) in [4.78, 5) is 0. The molecule has 1 rings (SSSR count). The van der Waals surface area contributed by atoms with E-state index in [2.05, 4.69) is 5.32 Å². The number of hydrogen-bond donors (Lipinski definition) is 2. The fraction of sp³-hybridized carbons (Fsp3) is 1.00. The molecule has 0 amide bonds. The Bertz CT molecular complexity index is 102. The summed E-state index contributed by atoms with van der Waals surface area (Å²) in [5, 5.41) is 12.0. The smallest absolute Gasteiger partial charge is 0.0781 e. The Morgan fingerprint density at radius 1 is 1.55 bits per heavy atom. The van der Waals surface area contributed by atoms with Gasteiger partial charge in [0.25, 0.3) is 0 Å². The van der Waals surface area contributed by atoms with E-state index in [4.69, 9.17) is 9.84 Å². The second-order valence-corrected chi connectivity index (χ2v) is 3.08. The van der Waals surface area contributed by atoms with E-state index in [-0.39, 0.29) is 12.7 Å². The van der Waals surface area contributed by atoms with Gasteiger partial charge in [-0.3, -0.25) is 0 Å². The van der Waals surface area contributed by atoms with E-state index >= 15 is 0 Å². The molecule has 0 radical (unpaired) electrons. The van der Waals surface area contributed by atoms with Gasteiger partial charge in [-0.05, 0) is 32.9 Å². The predicted octanol–water partition coefficient (Wildman–Crippen LogP) is 0.136. The van der Waals surface area contributed by atoms with Crippen LogP contribution in [-0.2, 0) is 4.74 Å². The van der Waals surface area contributed by atoms with Crippen LogP contribution in [0.5, 0.6) is 0 Å². The van der Waals surface area contributed by atoms with Crippen molar-refractivity contribution in [3.8, 4) is 0 Å². The molecule has 1 aliphatic rings. The molecular formula is C8H17NO2. The van der Waals surface area contributed by atoms with E-state index in [0.29, 0.717) is 6.10 Å². The summed E-state index contributed by atoms with van der Waals surface area (Å²) in [7, 11) is 0. The molecule has 11 heavy (non-hydrogen) atoms. The lowest BCUT2D eigenvalue weighted by atomic mass is 10.1. The minimum atomic E-state index is -0.00176. The zero-order chi connectivity index (χ0) is 8.10. The fourth-order valence-corrected chi connectivity index (χ4v) is 1.30. The summed E-state index contributed by atoms with van der Waals surface area (Å²) in [6.07, 6.45) is 2.51. The first-order valence-electron chi connectivity index (χ1n) is 4.30. The molecule has 1 atom stereocenters. The molecule has 0 unspecified atom stereocenters. The van der Waals surface area contributed by atoms with Crippen LogP contribution in [0.2, 0.25) is 0 Å². The van der Waals surface area contributed by atoms with Crippen LogP contribution >= 0.6 is 0 Å². The number of hydrogen-bond acceptors (Lipinski definition) is 3. The van der Waals surface area contributed by atoms with Crippen LogP contribution in [0, 0.1) is 0 Å². The Morgan fingerprint density at radius 3 is 2.73 bits per heavy atom. The van der Waals surface area contributed by atoms with Gasteiger partial charge in [-0.1, -0.05) is 0 Å². The third-order valence-corrected chi connectivity index (χ3v) is 1.97. The third kappa shape index (κ3) is 3.18. The summed E-state index contributed by atoms with van der Waals surface area (Å²) in [5.41, 5.74) is 0. The van der Waals surface area contributed by atoms with Gasteiger partial charge < -0.3 is 15.2 Å². The average molecular weight is 159 g/mol. The Morgan fingerprint density at radius 2 is 2.18 bits per heavy atom. The lowest BCUT2D eigenvalue weighted by Crippen LogP contribution is -2.34. The van der Waals surface area contributed by atoms with Gasteiger partial charge >= 0.3 is 0 Å². The van der Waals surface area contributed by atoms with E-state index in [0.717, 1.165) is 25.9 Å². The fourth-order valence-electron chi connectivity index (χ4n) is 1.30. The molecule has 0 bridgehead atoms. The molecule has 0 aromatic heterocycles. The standard InChI is InChI=1S/C8H17NO2/c1-7(6-10)11-8-2-4-9-5-3-8/h7-10H,2-6H2,1H3/t7-/m1/s1. The molecule has 2 N–H and O–H groups in total. The Hall–Kier alpha value is -0.120. The first-order valence-corrected chi connectivity index (χ1v) is 4.30. The SMILES string of the molecule is C[C@H](CO)OC1CCNCC1. The minimum absolute atomic E-state index is 0.00176.